The second kappa shape index (κ2) is 10.5. The Balaban J connectivity index is 1.66. The van der Waals surface area contributed by atoms with Crippen molar-refractivity contribution in [3.8, 4) is 0 Å². The SMILES string of the molecule is O=C(O)C1CCN(c2cc(CN3CCN(C(=O)OC(C(F)(F)F)C(F)(F)F)CC3)cc(C(F)(F)F)c2)C1. The Morgan fingerprint density at radius 3 is 2.00 bits per heavy atom. The van der Waals surface area contributed by atoms with E-state index in [1.807, 2.05) is 0 Å². The lowest BCUT2D eigenvalue weighted by Crippen LogP contribution is -2.52. The Morgan fingerprint density at radius 2 is 1.51 bits per heavy atom. The summed E-state index contributed by atoms with van der Waals surface area (Å²) in [5, 5.41) is 9.16. The highest BCUT2D eigenvalue weighted by atomic mass is 19.4. The van der Waals surface area contributed by atoms with Gasteiger partial charge in [0.2, 0.25) is 0 Å². The number of carboxylic acids is 1. The van der Waals surface area contributed by atoms with Crippen LogP contribution >= 0.6 is 0 Å². The van der Waals surface area contributed by atoms with Crippen molar-refractivity contribution in [2.45, 2.75) is 37.6 Å². The first-order valence-corrected chi connectivity index (χ1v) is 11.0. The number of hydrogen-bond donors (Lipinski definition) is 1. The monoisotopic (exact) mass is 551 g/mol. The lowest BCUT2D eigenvalue weighted by Gasteiger charge is -2.35. The first-order valence-electron chi connectivity index (χ1n) is 11.0. The summed E-state index contributed by atoms with van der Waals surface area (Å²) < 4.78 is 120. The summed E-state index contributed by atoms with van der Waals surface area (Å²) in [6, 6.07) is 3.29. The number of halogens is 9. The van der Waals surface area contributed by atoms with Crippen molar-refractivity contribution >= 4 is 17.7 Å². The first kappa shape index (κ1) is 28.7. The van der Waals surface area contributed by atoms with Crippen LogP contribution in [0.15, 0.2) is 18.2 Å². The third-order valence-electron chi connectivity index (χ3n) is 6.06. The summed E-state index contributed by atoms with van der Waals surface area (Å²) in [6.45, 7) is -0.478. The van der Waals surface area contributed by atoms with Gasteiger partial charge in [0.05, 0.1) is 11.5 Å². The number of piperazine rings is 1. The number of anilines is 1. The normalized spacial score (nSPS) is 20.0. The molecule has 2 heterocycles. The maximum absolute atomic E-state index is 13.5. The molecule has 0 aliphatic carbocycles. The smallest absolute Gasteiger partial charge is 0.434 e. The van der Waals surface area contributed by atoms with Gasteiger partial charge in [-0.05, 0) is 30.2 Å². The zero-order valence-electron chi connectivity index (χ0n) is 19.0. The maximum Gasteiger partial charge on any atom is 0.434 e. The fraction of sp³-hybridized carbons (Fsp3) is 0.619. The van der Waals surface area contributed by atoms with Crippen LogP contribution in [0.5, 0.6) is 0 Å². The molecule has 1 amide bonds. The maximum atomic E-state index is 13.5. The molecule has 1 N–H and O–H groups in total. The molecule has 37 heavy (non-hydrogen) atoms. The number of hydrogen-bond acceptors (Lipinski definition) is 5. The highest BCUT2D eigenvalue weighted by molar-refractivity contribution is 5.72. The second-order valence-electron chi connectivity index (χ2n) is 8.77. The molecule has 1 aromatic carbocycles. The van der Waals surface area contributed by atoms with Gasteiger partial charge in [0.25, 0.3) is 6.10 Å². The van der Waals surface area contributed by atoms with Crippen molar-refractivity contribution in [2.24, 2.45) is 5.92 Å². The number of rotatable bonds is 5. The average molecular weight is 551 g/mol. The quantitative estimate of drug-likeness (QED) is 0.549. The van der Waals surface area contributed by atoms with E-state index < -0.39 is 48.2 Å². The van der Waals surface area contributed by atoms with Gasteiger partial charge in [-0.15, -0.1) is 0 Å². The molecule has 0 spiro atoms. The minimum absolute atomic E-state index is 0.0354. The van der Waals surface area contributed by atoms with Crippen molar-refractivity contribution in [1.29, 1.82) is 0 Å². The summed E-state index contributed by atoms with van der Waals surface area (Å²) >= 11 is 0. The molecule has 1 aromatic rings. The largest absolute Gasteiger partial charge is 0.481 e. The van der Waals surface area contributed by atoms with Gasteiger partial charge in [0.15, 0.2) is 0 Å². The van der Waals surface area contributed by atoms with Crippen LogP contribution in [0.3, 0.4) is 0 Å². The van der Waals surface area contributed by atoms with E-state index in [0.717, 1.165) is 12.1 Å². The predicted octanol–water partition coefficient (Wildman–Crippen LogP) is 4.36. The van der Waals surface area contributed by atoms with Crippen molar-refractivity contribution in [1.82, 2.24) is 9.80 Å². The highest BCUT2D eigenvalue weighted by Crippen LogP contribution is 2.37. The molecule has 1 atom stereocenters. The average Bonchev–Trinajstić information content (AvgIpc) is 3.26. The molecule has 16 heteroatoms. The highest BCUT2D eigenvalue weighted by Gasteiger charge is 2.60. The molecule has 2 saturated heterocycles. The van der Waals surface area contributed by atoms with Gasteiger partial charge in [-0.1, -0.05) is 0 Å². The standard InChI is InChI=1S/C21H22F9N3O4/c22-19(23,24)14-7-12(8-15(9-14)33-2-1-13(11-33)16(34)35)10-31-3-5-32(6-4-31)18(36)37-17(20(25,26)27)21(28,29)30/h7-9,13,17H,1-6,10-11H2,(H,34,35). The number of amides is 1. The van der Waals surface area contributed by atoms with Gasteiger partial charge >= 0.3 is 30.6 Å². The molecule has 0 saturated carbocycles. The number of carbonyl (C=O) groups excluding carboxylic acids is 1. The summed E-state index contributed by atoms with van der Waals surface area (Å²) in [5.41, 5.74) is -0.554. The molecular formula is C21H22F9N3O4. The minimum Gasteiger partial charge on any atom is -0.481 e. The number of alkyl halides is 9. The van der Waals surface area contributed by atoms with E-state index in [9.17, 15) is 49.1 Å². The van der Waals surface area contributed by atoms with Crippen LogP contribution in [0, 0.1) is 5.92 Å². The van der Waals surface area contributed by atoms with Gasteiger partial charge < -0.3 is 19.6 Å². The van der Waals surface area contributed by atoms with Crippen LogP contribution < -0.4 is 4.90 Å². The summed E-state index contributed by atoms with van der Waals surface area (Å²) in [4.78, 5) is 26.9. The molecule has 0 bridgehead atoms. The lowest BCUT2D eigenvalue weighted by molar-refractivity contribution is -0.308. The minimum atomic E-state index is -5.85. The predicted molar refractivity (Wildman–Crippen MR) is 109 cm³/mol. The van der Waals surface area contributed by atoms with Crippen LogP contribution in [0.1, 0.15) is 17.5 Å². The van der Waals surface area contributed by atoms with Crippen molar-refractivity contribution < 1.29 is 58.9 Å². The van der Waals surface area contributed by atoms with E-state index >= 15 is 0 Å². The molecule has 2 aliphatic heterocycles. The van der Waals surface area contributed by atoms with Crippen LogP contribution in [0.2, 0.25) is 0 Å². The van der Waals surface area contributed by atoms with E-state index in [0.29, 0.717) is 4.90 Å². The first-order chi connectivity index (χ1) is 16.9. The van der Waals surface area contributed by atoms with Gasteiger partial charge in [0.1, 0.15) is 0 Å². The van der Waals surface area contributed by atoms with Crippen molar-refractivity contribution in [3.05, 3.63) is 29.3 Å². The fourth-order valence-electron chi connectivity index (χ4n) is 4.15. The Hall–Kier alpha value is -2.91. The van der Waals surface area contributed by atoms with E-state index in [4.69, 9.17) is 5.11 Å². The molecule has 2 fully saturated rings. The van der Waals surface area contributed by atoms with E-state index in [-0.39, 0.29) is 63.5 Å². The Labute approximate surface area is 204 Å². The Morgan fingerprint density at radius 1 is 0.919 bits per heavy atom. The van der Waals surface area contributed by atoms with Crippen molar-refractivity contribution in [3.63, 3.8) is 0 Å². The van der Waals surface area contributed by atoms with E-state index in [2.05, 4.69) is 4.74 Å². The molecular weight excluding hydrogens is 529 g/mol. The molecule has 7 nitrogen and oxygen atoms in total. The summed E-state index contributed by atoms with van der Waals surface area (Å²) in [6.07, 6.45) is -22.2. The number of nitrogens with zero attached hydrogens (tertiary/aromatic N) is 3. The molecule has 208 valence electrons. The van der Waals surface area contributed by atoms with Gasteiger partial charge in [-0.2, -0.15) is 39.5 Å². The van der Waals surface area contributed by atoms with Gasteiger partial charge in [-0.25, -0.2) is 4.79 Å². The Bertz CT molecular complexity index is 975. The van der Waals surface area contributed by atoms with Gasteiger partial charge in [-0.3, -0.25) is 9.69 Å². The topological polar surface area (TPSA) is 73.3 Å². The molecule has 2 aliphatic rings. The summed E-state index contributed by atoms with van der Waals surface area (Å²) in [5.74, 6) is -1.77. The second-order valence-corrected chi connectivity index (χ2v) is 8.77. The van der Waals surface area contributed by atoms with Gasteiger partial charge in [0, 0.05) is 51.5 Å². The zero-order valence-corrected chi connectivity index (χ0v) is 19.0. The molecule has 1 unspecified atom stereocenters. The summed E-state index contributed by atoms with van der Waals surface area (Å²) in [7, 11) is 0. The fourth-order valence-corrected chi connectivity index (χ4v) is 4.15. The number of carbonyl (C=O) groups is 2. The Kier molecular flexibility index (Phi) is 8.10. The number of aliphatic carboxylic acids is 1. The van der Waals surface area contributed by atoms with Crippen molar-refractivity contribution in [2.75, 3.05) is 44.2 Å². The number of ether oxygens (including phenoxy) is 1. The number of benzene rings is 1. The van der Waals surface area contributed by atoms with Crippen LogP contribution in [0.25, 0.3) is 0 Å². The zero-order chi connectivity index (χ0) is 27.8. The molecule has 0 radical (unpaired) electrons. The molecule has 3 rings (SSSR count). The number of carboxylic acid groups (broad SMARTS) is 1. The van der Waals surface area contributed by atoms with Crippen LogP contribution in [-0.2, 0) is 22.3 Å². The van der Waals surface area contributed by atoms with E-state index in [1.165, 1.54) is 11.0 Å². The third kappa shape index (κ3) is 7.32. The lowest BCUT2D eigenvalue weighted by atomic mass is 10.1. The molecule has 0 aromatic heterocycles. The van der Waals surface area contributed by atoms with Crippen LogP contribution in [-0.4, -0.2) is 84.7 Å². The van der Waals surface area contributed by atoms with Crippen LogP contribution in [0.4, 0.5) is 50.0 Å². The third-order valence-corrected chi connectivity index (χ3v) is 6.06. The van der Waals surface area contributed by atoms with E-state index in [1.54, 1.807) is 4.90 Å².